The summed E-state index contributed by atoms with van der Waals surface area (Å²) in [7, 11) is 0. The quantitative estimate of drug-likeness (QED) is 0.135. The molecule has 0 spiro atoms. The van der Waals surface area contributed by atoms with Gasteiger partial charge in [-0.25, -0.2) is 4.98 Å². The van der Waals surface area contributed by atoms with Crippen LogP contribution in [0.3, 0.4) is 0 Å². The van der Waals surface area contributed by atoms with E-state index in [1.807, 2.05) is 6.20 Å². The fraction of sp³-hybridized carbons (Fsp3) is 0.351. The van der Waals surface area contributed by atoms with Gasteiger partial charge in [-0.1, -0.05) is 216 Å². The monoisotopic (exact) mass is 1240 g/mol. The maximum Gasteiger partial charge on any atom is 0.135 e. The SMILES string of the molecule is CC(C)(C)c1cc(Oc2[c-]c3c(cc2)c2cc(C(C)(C)C)ccc2n3-c2cc(C(C)(C)C)ccn2)[c-]c(N2[CH-]N(c3cc(C(C)(C)C)cc(C(C)(C)C)c3)c3cc(C(C)(C)c4ccccc4)c(C(C)(C)c4ccccc4)cc32)c1.[Pt]. The number of anilines is 4. The number of aromatic nitrogens is 2. The number of ether oxygens (including phenoxy) is 1. The van der Waals surface area contributed by atoms with Crippen molar-refractivity contribution in [1.29, 1.82) is 0 Å². The van der Waals surface area contributed by atoms with E-state index in [0.717, 1.165) is 55.9 Å². The summed E-state index contributed by atoms with van der Waals surface area (Å²) < 4.78 is 9.38. The second-order valence-electron chi connectivity index (χ2n) is 28.5. The van der Waals surface area contributed by atoms with E-state index in [1.54, 1.807) is 0 Å². The Morgan fingerprint density at radius 3 is 1.44 bits per heavy atom. The Bertz CT molecular complexity index is 3720. The molecule has 0 amide bonds. The number of pyridine rings is 1. The zero-order chi connectivity index (χ0) is 57.0. The summed E-state index contributed by atoms with van der Waals surface area (Å²) >= 11 is 0. The van der Waals surface area contributed by atoms with Crippen molar-refractivity contribution in [2.75, 3.05) is 9.80 Å². The molecule has 418 valence electrons. The van der Waals surface area contributed by atoms with Crippen molar-refractivity contribution in [2.45, 2.75) is 169 Å². The van der Waals surface area contributed by atoms with Crippen LogP contribution < -0.4 is 14.5 Å². The number of hydrogen-bond donors (Lipinski definition) is 0. The molecule has 1 aliphatic heterocycles. The second-order valence-corrected chi connectivity index (χ2v) is 28.5. The molecule has 3 heterocycles. The standard InChI is InChI=1S/C74H83N4O.Pt/c1-68(2,3)50-30-33-63-60(41-50)59-32-31-57(44-64(59)78(63)67-42-51(34-35-75-67)69(4,5)6)79-58-40-54(72(13,14)15)39-56(43-58)77-47-76(55-37-52(70(7,8)9)36-53(38-55)71(10,11)12)65-45-61(73(16,17)48-26-22-20-23-27-48)62(46-66(65)77)74(18,19)49-28-24-21-25-29-49;/h20-42,45-47H,1-19H3;/q-3;. The first-order valence-electron chi connectivity index (χ1n) is 28.4. The first kappa shape index (κ1) is 58.2. The van der Waals surface area contributed by atoms with E-state index in [0.29, 0.717) is 11.5 Å². The van der Waals surface area contributed by atoms with Crippen molar-refractivity contribution in [1.82, 2.24) is 9.55 Å². The van der Waals surface area contributed by atoms with E-state index < -0.39 is 0 Å². The fourth-order valence-electron chi connectivity index (χ4n) is 11.2. The van der Waals surface area contributed by atoms with Crippen LogP contribution in [0.5, 0.6) is 11.5 Å². The van der Waals surface area contributed by atoms with E-state index in [-0.39, 0.29) is 59.0 Å². The zero-order valence-electron chi connectivity index (χ0n) is 51.0. The van der Waals surface area contributed by atoms with Crippen molar-refractivity contribution < 1.29 is 25.8 Å². The van der Waals surface area contributed by atoms with E-state index in [4.69, 9.17) is 9.72 Å². The Morgan fingerprint density at radius 2 is 0.912 bits per heavy atom. The number of nitrogens with zero attached hydrogens (tertiary/aromatic N) is 4. The molecule has 0 N–H and O–H groups in total. The molecule has 10 rings (SSSR count). The summed E-state index contributed by atoms with van der Waals surface area (Å²) in [5.41, 5.74) is 16.3. The van der Waals surface area contributed by atoms with Gasteiger partial charge in [-0.05, 0) is 119 Å². The molecule has 6 heteroatoms. The van der Waals surface area contributed by atoms with Crippen molar-refractivity contribution in [2.24, 2.45) is 0 Å². The second kappa shape index (κ2) is 20.5. The molecule has 0 atom stereocenters. The molecule has 5 nitrogen and oxygen atoms in total. The molecule has 7 aromatic carbocycles. The number of fused-ring (bicyclic) bond motifs is 4. The molecule has 0 unspecified atom stereocenters. The van der Waals surface area contributed by atoms with Gasteiger partial charge in [-0.2, -0.15) is 6.07 Å². The molecule has 0 fully saturated rings. The molecule has 2 aromatic heterocycles. The van der Waals surface area contributed by atoms with Gasteiger partial charge < -0.3 is 19.1 Å². The van der Waals surface area contributed by atoms with Crippen LogP contribution in [-0.2, 0) is 59.0 Å². The van der Waals surface area contributed by atoms with Gasteiger partial charge in [0, 0.05) is 72.2 Å². The number of hydrogen-bond acceptors (Lipinski definition) is 4. The minimum absolute atomic E-state index is 0. The van der Waals surface area contributed by atoms with Crippen LogP contribution in [0.1, 0.15) is 182 Å². The summed E-state index contributed by atoms with van der Waals surface area (Å²) in [6.07, 6.45) is 1.93. The summed E-state index contributed by atoms with van der Waals surface area (Å²) in [4.78, 5) is 9.79. The Labute approximate surface area is 494 Å². The summed E-state index contributed by atoms with van der Waals surface area (Å²) in [6, 6.07) is 61.7. The summed E-state index contributed by atoms with van der Waals surface area (Å²) in [6.45, 7) is 46.1. The summed E-state index contributed by atoms with van der Waals surface area (Å²) in [5.74, 6) is 2.08. The molecule has 0 saturated carbocycles. The first-order valence-corrected chi connectivity index (χ1v) is 28.4. The van der Waals surface area contributed by atoms with Gasteiger partial charge in [-0.15, -0.1) is 53.6 Å². The van der Waals surface area contributed by atoms with Gasteiger partial charge in [0.15, 0.2) is 0 Å². The van der Waals surface area contributed by atoms with Gasteiger partial charge in [0.05, 0.1) is 0 Å². The van der Waals surface area contributed by atoms with Crippen LogP contribution in [0.25, 0.3) is 27.6 Å². The zero-order valence-corrected chi connectivity index (χ0v) is 53.3. The van der Waals surface area contributed by atoms with Crippen LogP contribution in [0.15, 0.2) is 152 Å². The Hall–Kier alpha value is -6.42. The molecule has 80 heavy (non-hydrogen) atoms. The van der Waals surface area contributed by atoms with Crippen molar-refractivity contribution in [3.05, 3.63) is 221 Å². The van der Waals surface area contributed by atoms with Crippen molar-refractivity contribution >= 4 is 44.6 Å². The van der Waals surface area contributed by atoms with Crippen LogP contribution in [0.2, 0.25) is 0 Å². The first-order chi connectivity index (χ1) is 36.8. The van der Waals surface area contributed by atoms with Crippen molar-refractivity contribution in [3.63, 3.8) is 0 Å². The normalized spacial score (nSPS) is 13.7. The molecule has 1 aliphatic rings. The predicted molar refractivity (Wildman–Crippen MR) is 335 cm³/mol. The average Bonchev–Trinajstić information content (AvgIpc) is 4.03. The van der Waals surface area contributed by atoms with Crippen LogP contribution in [0, 0.1) is 18.8 Å². The van der Waals surface area contributed by atoms with Crippen LogP contribution in [-0.4, -0.2) is 9.55 Å². The molecule has 0 bridgehead atoms. The maximum atomic E-state index is 7.12. The third-order valence-corrected chi connectivity index (χ3v) is 16.7. The van der Waals surface area contributed by atoms with E-state index in [2.05, 4.69) is 310 Å². The largest absolute Gasteiger partial charge is 0.509 e. The minimum atomic E-state index is -0.373. The van der Waals surface area contributed by atoms with Gasteiger partial charge in [0.2, 0.25) is 0 Å². The molecule has 9 aromatic rings. The number of rotatable bonds is 9. The molecular weight excluding hydrogens is 1160 g/mol. The molecule has 0 radical (unpaired) electrons. The van der Waals surface area contributed by atoms with Crippen LogP contribution >= 0.6 is 0 Å². The van der Waals surface area contributed by atoms with E-state index >= 15 is 0 Å². The third kappa shape index (κ3) is 11.1. The average molecular weight is 1240 g/mol. The van der Waals surface area contributed by atoms with Crippen molar-refractivity contribution in [3.8, 4) is 17.3 Å². The third-order valence-electron chi connectivity index (χ3n) is 16.7. The smallest absolute Gasteiger partial charge is 0.135 e. The fourth-order valence-corrected chi connectivity index (χ4v) is 11.2. The minimum Gasteiger partial charge on any atom is -0.509 e. The predicted octanol–water partition coefficient (Wildman–Crippen LogP) is 20.1. The molecule has 0 aliphatic carbocycles. The van der Waals surface area contributed by atoms with Crippen LogP contribution in [0.4, 0.5) is 22.7 Å². The maximum absolute atomic E-state index is 7.12. The van der Waals surface area contributed by atoms with Gasteiger partial charge >= 0.3 is 0 Å². The Kier molecular flexibility index (Phi) is 14.9. The van der Waals surface area contributed by atoms with Gasteiger partial charge in [0.25, 0.3) is 0 Å². The Morgan fingerprint density at radius 1 is 0.412 bits per heavy atom. The summed E-state index contributed by atoms with van der Waals surface area (Å²) in [5, 5.41) is 2.26. The Balaban J connectivity index is 0.00000774. The molecule has 0 saturated heterocycles. The topological polar surface area (TPSA) is 33.5 Å². The van der Waals surface area contributed by atoms with Gasteiger partial charge in [0.1, 0.15) is 5.82 Å². The van der Waals surface area contributed by atoms with E-state index in [1.165, 1.54) is 44.5 Å². The molecular formula is C74H83N4OPt-3. The number of benzene rings is 7. The van der Waals surface area contributed by atoms with E-state index in [9.17, 15) is 0 Å². The van der Waals surface area contributed by atoms with Gasteiger partial charge in [-0.3, -0.25) is 0 Å².